The van der Waals surface area contributed by atoms with Crippen molar-refractivity contribution in [2.45, 2.75) is 84.2 Å². The Labute approximate surface area is 128 Å². The van der Waals surface area contributed by atoms with Gasteiger partial charge in [0, 0.05) is 0 Å². The van der Waals surface area contributed by atoms with Crippen molar-refractivity contribution in [3.63, 3.8) is 0 Å². The minimum absolute atomic E-state index is 1.15. The number of hydrogen-bond acceptors (Lipinski definition) is 1. The fraction of sp³-hybridized carbons (Fsp3) is 0.889. The van der Waals surface area contributed by atoms with E-state index in [-0.39, 0.29) is 0 Å². The van der Waals surface area contributed by atoms with Crippen molar-refractivity contribution in [2.24, 2.45) is 0 Å². The van der Waals surface area contributed by atoms with Crippen LogP contribution in [0, 0.1) is 0 Å². The van der Waals surface area contributed by atoms with Crippen LogP contribution in [0.25, 0.3) is 0 Å². The molecule has 1 rings (SSSR count). The van der Waals surface area contributed by atoms with Crippen molar-refractivity contribution >= 4 is 8.07 Å². The molecular formula is C18H37NSi. The van der Waals surface area contributed by atoms with Gasteiger partial charge in [-0.1, -0.05) is 76.2 Å². The van der Waals surface area contributed by atoms with Gasteiger partial charge in [0.15, 0.2) is 0 Å². The van der Waals surface area contributed by atoms with E-state index in [0.29, 0.717) is 0 Å². The Kier molecular flexibility index (Phi) is 9.54. The van der Waals surface area contributed by atoms with Gasteiger partial charge >= 0.3 is 0 Å². The summed E-state index contributed by atoms with van der Waals surface area (Å²) in [5.74, 6) is 0. The van der Waals surface area contributed by atoms with Gasteiger partial charge in [0.25, 0.3) is 0 Å². The van der Waals surface area contributed by atoms with E-state index in [1.54, 1.807) is 0 Å². The lowest BCUT2D eigenvalue weighted by atomic mass is 10.1. The first-order valence-electron chi connectivity index (χ1n) is 9.00. The highest BCUT2D eigenvalue weighted by Crippen LogP contribution is 2.15. The Morgan fingerprint density at radius 2 is 1.15 bits per heavy atom. The average molecular weight is 296 g/mol. The van der Waals surface area contributed by atoms with Crippen LogP contribution in [0.4, 0.5) is 0 Å². The van der Waals surface area contributed by atoms with Crippen molar-refractivity contribution in [2.75, 3.05) is 19.3 Å². The second-order valence-corrected chi connectivity index (χ2v) is 11.9. The second kappa shape index (κ2) is 10.6. The molecule has 0 saturated carbocycles. The van der Waals surface area contributed by atoms with Gasteiger partial charge in [-0.15, -0.1) is 0 Å². The summed E-state index contributed by atoms with van der Waals surface area (Å²) in [6, 6.07) is 0. The Hall–Kier alpha value is -0.0831. The molecule has 2 heteroatoms. The first kappa shape index (κ1) is 18.0. The van der Waals surface area contributed by atoms with Gasteiger partial charge < -0.3 is 4.90 Å². The topological polar surface area (TPSA) is 3.24 Å². The van der Waals surface area contributed by atoms with Gasteiger partial charge in [-0.25, -0.2) is 0 Å². The lowest BCUT2D eigenvalue weighted by molar-refractivity contribution is 0.296. The number of rotatable bonds is 3. The summed E-state index contributed by atoms with van der Waals surface area (Å²) < 4.78 is 0. The SMILES string of the molecule is CC=C[Si](C)(C)CN1CCCCCCCCCCCC1. The molecule has 0 aromatic heterocycles. The number of allylic oxidation sites excluding steroid dienone is 1. The minimum Gasteiger partial charge on any atom is -0.306 e. The van der Waals surface area contributed by atoms with Gasteiger partial charge in [0.2, 0.25) is 0 Å². The first-order valence-corrected chi connectivity index (χ1v) is 12.3. The van der Waals surface area contributed by atoms with E-state index in [2.05, 4.69) is 36.7 Å². The Balaban J connectivity index is 2.43. The second-order valence-electron chi connectivity index (χ2n) is 7.30. The molecule has 0 unspecified atom stereocenters. The third-order valence-corrected chi connectivity index (χ3v) is 6.95. The highest BCUT2D eigenvalue weighted by atomic mass is 28.3. The molecule has 0 aromatic rings. The van der Waals surface area contributed by atoms with E-state index < -0.39 is 8.07 Å². The fourth-order valence-electron chi connectivity index (χ4n) is 3.44. The lowest BCUT2D eigenvalue weighted by Crippen LogP contribution is -2.42. The summed E-state index contributed by atoms with van der Waals surface area (Å²) in [6.07, 6.45) is 18.2. The smallest absolute Gasteiger partial charge is 0.0857 e. The molecule has 0 N–H and O–H groups in total. The molecule has 0 atom stereocenters. The van der Waals surface area contributed by atoms with E-state index in [4.69, 9.17) is 0 Å². The molecule has 1 fully saturated rings. The zero-order valence-corrected chi connectivity index (χ0v) is 15.3. The van der Waals surface area contributed by atoms with E-state index in [0.717, 1.165) is 0 Å². The predicted molar refractivity (Wildman–Crippen MR) is 94.9 cm³/mol. The quantitative estimate of drug-likeness (QED) is 0.616. The van der Waals surface area contributed by atoms with Crippen LogP contribution in [0.5, 0.6) is 0 Å². The van der Waals surface area contributed by atoms with Crippen LogP contribution in [-0.4, -0.2) is 32.2 Å². The molecule has 0 radical (unpaired) electrons. The van der Waals surface area contributed by atoms with Gasteiger partial charge in [0.1, 0.15) is 0 Å². The normalized spacial score (nSPS) is 22.1. The largest absolute Gasteiger partial charge is 0.306 e. The summed E-state index contributed by atoms with van der Waals surface area (Å²) in [5.41, 5.74) is 2.51. The summed E-state index contributed by atoms with van der Waals surface area (Å²) in [6.45, 7) is 9.87. The van der Waals surface area contributed by atoms with Crippen LogP contribution >= 0.6 is 0 Å². The average Bonchev–Trinajstić information content (AvgIpc) is 2.40. The van der Waals surface area contributed by atoms with Gasteiger partial charge in [0.05, 0.1) is 8.07 Å². The summed E-state index contributed by atoms with van der Waals surface area (Å²) in [4.78, 5) is 2.78. The van der Waals surface area contributed by atoms with Crippen LogP contribution in [0.1, 0.15) is 71.1 Å². The molecule has 1 nitrogen and oxygen atoms in total. The van der Waals surface area contributed by atoms with E-state index >= 15 is 0 Å². The predicted octanol–water partition coefficient (Wildman–Crippen LogP) is 5.57. The van der Waals surface area contributed by atoms with Crippen LogP contribution in [0.15, 0.2) is 11.8 Å². The van der Waals surface area contributed by atoms with Crippen LogP contribution in [0.3, 0.4) is 0 Å². The summed E-state index contributed by atoms with van der Waals surface area (Å²) in [5, 5.41) is 0. The zero-order valence-electron chi connectivity index (χ0n) is 14.3. The Morgan fingerprint density at radius 3 is 1.55 bits per heavy atom. The van der Waals surface area contributed by atoms with E-state index in [9.17, 15) is 0 Å². The van der Waals surface area contributed by atoms with Gasteiger partial charge in [-0.2, -0.15) is 0 Å². The minimum atomic E-state index is -1.15. The Bertz CT molecular complexity index is 246. The molecule has 1 saturated heterocycles. The monoisotopic (exact) mass is 295 g/mol. The molecular weight excluding hydrogens is 258 g/mol. The summed E-state index contributed by atoms with van der Waals surface area (Å²) in [7, 11) is -1.15. The maximum Gasteiger partial charge on any atom is 0.0857 e. The summed E-state index contributed by atoms with van der Waals surface area (Å²) >= 11 is 0. The molecule has 118 valence electrons. The van der Waals surface area contributed by atoms with Crippen LogP contribution in [-0.2, 0) is 0 Å². The van der Waals surface area contributed by atoms with E-state index in [1.165, 1.54) is 83.5 Å². The zero-order chi connectivity index (χ0) is 14.7. The molecule has 20 heavy (non-hydrogen) atoms. The van der Waals surface area contributed by atoms with Crippen LogP contribution in [0.2, 0.25) is 13.1 Å². The maximum absolute atomic E-state index is 2.78. The number of nitrogens with zero attached hydrogens (tertiary/aromatic N) is 1. The van der Waals surface area contributed by atoms with Gasteiger partial charge in [-0.05, 0) is 39.0 Å². The molecule has 1 aliphatic heterocycles. The lowest BCUT2D eigenvalue weighted by Gasteiger charge is -2.29. The van der Waals surface area contributed by atoms with Gasteiger partial charge in [-0.3, -0.25) is 0 Å². The number of hydrogen-bond donors (Lipinski definition) is 0. The maximum atomic E-state index is 2.78. The first-order chi connectivity index (χ1) is 9.64. The third kappa shape index (κ3) is 8.96. The molecule has 0 aromatic carbocycles. The standard InChI is InChI=1S/C18H37NSi/c1-4-17-20(2,3)18-19-15-13-11-9-7-5-6-8-10-12-14-16-19/h4,17H,5-16,18H2,1-3H3. The molecule has 1 heterocycles. The Morgan fingerprint density at radius 1 is 0.750 bits per heavy atom. The van der Waals surface area contributed by atoms with Crippen molar-refractivity contribution < 1.29 is 0 Å². The van der Waals surface area contributed by atoms with Crippen LogP contribution < -0.4 is 0 Å². The van der Waals surface area contributed by atoms with E-state index in [1.807, 2.05) is 0 Å². The van der Waals surface area contributed by atoms with Crippen molar-refractivity contribution in [1.29, 1.82) is 0 Å². The highest BCUT2D eigenvalue weighted by Gasteiger charge is 2.20. The fourth-order valence-corrected chi connectivity index (χ4v) is 5.91. The molecule has 0 bridgehead atoms. The van der Waals surface area contributed by atoms with Crippen molar-refractivity contribution in [3.8, 4) is 0 Å². The third-order valence-electron chi connectivity index (χ3n) is 4.45. The molecule has 0 amide bonds. The van der Waals surface area contributed by atoms with Crippen molar-refractivity contribution in [1.82, 2.24) is 4.90 Å². The van der Waals surface area contributed by atoms with Crippen molar-refractivity contribution in [3.05, 3.63) is 11.8 Å². The molecule has 1 aliphatic rings. The molecule has 0 spiro atoms. The molecule has 0 aliphatic carbocycles. The highest BCUT2D eigenvalue weighted by molar-refractivity contribution is 6.82.